The number of carbonyl (C=O) groups is 1. The first kappa shape index (κ1) is 12.8. The highest BCUT2D eigenvalue weighted by Gasteiger charge is 2.39. The third-order valence-corrected chi connectivity index (χ3v) is 4.78. The zero-order valence-corrected chi connectivity index (χ0v) is 11.3. The van der Waals surface area contributed by atoms with Crippen LogP contribution in [0.2, 0.25) is 0 Å². The summed E-state index contributed by atoms with van der Waals surface area (Å²) in [5.41, 5.74) is 1.10. The molecular weight excluding hydrogens is 241 g/mol. The minimum atomic E-state index is -0.288. The first-order valence-electron chi connectivity index (χ1n) is 7.18. The molecule has 3 rings (SSSR count). The molecule has 1 aliphatic heterocycles. The second-order valence-electron chi connectivity index (χ2n) is 5.96. The molecule has 19 heavy (non-hydrogen) atoms. The van der Waals surface area contributed by atoms with Gasteiger partial charge in [0, 0.05) is 18.0 Å². The summed E-state index contributed by atoms with van der Waals surface area (Å²) in [4.78, 5) is 12.2. The highest BCUT2D eigenvalue weighted by molar-refractivity contribution is 5.96. The average molecular weight is 261 g/mol. The molecule has 3 heteroatoms. The Morgan fingerprint density at radius 1 is 1.42 bits per heavy atom. The van der Waals surface area contributed by atoms with Gasteiger partial charge in [-0.05, 0) is 49.8 Å². The van der Waals surface area contributed by atoms with Gasteiger partial charge in [0.05, 0.1) is 0 Å². The molecule has 1 aromatic rings. The summed E-state index contributed by atoms with van der Waals surface area (Å²) in [6, 6.07) is 5.09. The highest BCUT2D eigenvalue weighted by Crippen LogP contribution is 2.38. The molecule has 3 unspecified atom stereocenters. The molecular formula is C16H20FNO. The van der Waals surface area contributed by atoms with Crippen LogP contribution in [0, 0.1) is 24.6 Å². The van der Waals surface area contributed by atoms with E-state index in [0.717, 1.165) is 12.5 Å². The number of ketones is 1. The van der Waals surface area contributed by atoms with Crippen LogP contribution in [0.3, 0.4) is 0 Å². The molecule has 2 fully saturated rings. The van der Waals surface area contributed by atoms with E-state index in [4.69, 9.17) is 0 Å². The third kappa shape index (κ3) is 2.44. The van der Waals surface area contributed by atoms with Crippen molar-refractivity contribution < 1.29 is 9.18 Å². The van der Waals surface area contributed by atoms with Crippen LogP contribution in [0.15, 0.2) is 18.2 Å². The number of benzene rings is 1. The van der Waals surface area contributed by atoms with Gasteiger partial charge < -0.3 is 5.32 Å². The molecule has 1 heterocycles. The van der Waals surface area contributed by atoms with Gasteiger partial charge in [-0.15, -0.1) is 0 Å². The highest BCUT2D eigenvalue weighted by atomic mass is 19.1. The summed E-state index contributed by atoms with van der Waals surface area (Å²) in [5.74, 6) is 1.18. The van der Waals surface area contributed by atoms with Crippen molar-refractivity contribution in [3.05, 3.63) is 35.1 Å². The largest absolute Gasteiger partial charge is 0.313 e. The molecule has 1 N–H and O–H groups in total. The van der Waals surface area contributed by atoms with Crippen LogP contribution in [-0.4, -0.2) is 18.4 Å². The molecule has 2 nitrogen and oxygen atoms in total. The van der Waals surface area contributed by atoms with Gasteiger partial charge in [-0.3, -0.25) is 4.79 Å². The quantitative estimate of drug-likeness (QED) is 0.847. The molecule has 2 aliphatic rings. The van der Waals surface area contributed by atoms with E-state index in [1.165, 1.54) is 25.3 Å². The van der Waals surface area contributed by atoms with E-state index in [0.29, 0.717) is 29.5 Å². The lowest BCUT2D eigenvalue weighted by Crippen LogP contribution is -2.29. The van der Waals surface area contributed by atoms with Gasteiger partial charge >= 0.3 is 0 Å². The Hall–Kier alpha value is -1.22. The number of Topliss-reactive ketones (excluding diaryl/α,β-unsaturated/α-hetero) is 1. The van der Waals surface area contributed by atoms with Crippen molar-refractivity contribution in [2.24, 2.45) is 11.8 Å². The van der Waals surface area contributed by atoms with Crippen LogP contribution < -0.4 is 5.32 Å². The Kier molecular flexibility index (Phi) is 3.40. The molecule has 1 aliphatic carbocycles. The maximum atomic E-state index is 13.5. The molecule has 0 amide bonds. The number of hydrogen-bond donors (Lipinski definition) is 1. The zero-order valence-electron chi connectivity index (χ0n) is 11.3. The van der Waals surface area contributed by atoms with E-state index >= 15 is 0 Å². The molecule has 1 saturated carbocycles. The van der Waals surface area contributed by atoms with Crippen LogP contribution in [0.5, 0.6) is 0 Å². The van der Waals surface area contributed by atoms with Gasteiger partial charge in [0.15, 0.2) is 5.78 Å². The fourth-order valence-corrected chi connectivity index (χ4v) is 3.61. The van der Waals surface area contributed by atoms with Gasteiger partial charge in [-0.2, -0.15) is 0 Å². The summed E-state index contributed by atoms with van der Waals surface area (Å²) < 4.78 is 13.5. The normalized spacial score (nSPS) is 29.5. The zero-order chi connectivity index (χ0) is 13.4. The number of aryl methyl sites for hydroxylation is 1. The summed E-state index contributed by atoms with van der Waals surface area (Å²) in [5, 5.41) is 3.47. The molecule has 1 aromatic carbocycles. The van der Waals surface area contributed by atoms with E-state index < -0.39 is 0 Å². The van der Waals surface area contributed by atoms with Crippen molar-refractivity contribution in [2.45, 2.75) is 38.6 Å². The summed E-state index contributed by atoms with van der Waals surface area (Å²) in [7, 11) is 0. The van der Waals surface area contributed by atoms with Crippen LogP contribution in [0.1, 0.15) is 41.6 Å². The standard InChI is InChI=1S/C16H20FNO/c1-10-5-6-11(7-14(10)17)16(19)8-15-13-4-2-3-12(13)9-18-15/h5-7,12-13,15,18H,2-4,8-9H2,1H3. The van der Waals surface area contributed by atoms with E-state index in [1.54, 1.807) is 19.1 Å². The number of nitrogens with one attached hydrogen (secondary N) is 1. The van der Waals surface area contributed by atoms with Gasteiger partial charge in [0.1, 0.15) is 5.82 Å². The second kappa shape index (κ2) is 5.04. The molecule has 0 aromatic heterocycles. The Labute approximate surface area is 113 Å². The van der Waals surface area contributed by atoms with Gasteiger partial charge in [-0.25, -0.2) is 4.39 Å². The number of hydrogen-bond acceptors (Lipinski definition) is 2. The molecule has 0 spiro atoms. The lowest BCUT2D eigenvalue weighted by molar-refractivity contribution is 0.0963. The van der Waals surface area contributed by atoms with Crippen molar-refractivity contribution >= 4 is 5.78 Å². The molecule has 3 atom stereocenters. The average Bonchev–Trinajstić information content (AvgIpc) is 2.97. The van der Waals surface area contributed by atoms with Gasteiger partial charge in [-0.1, -0.05) is 18.6 Å². The smallest absolute Gasteiger partial charge is 0.164 e. The van der Waals surface area contributed by atoms with Crippen LogP contribution >= 0.6 is 0 Å². The molecule has 0 bridgehead atoms. The third-order valence-electron chi connectivity index (χ3n) is 4.78. The van der Waals surface area contributed by atoms with Crippen molar-refractivity contribution in [1.29, 1.82) is 0 Å². The maximum Gasteiger partial charge on any atom is 0.164 e. The van der Waals surface area contributed by atoms with Crippen molar-refractivity contribution in [3.8, 4) is 0 Å². The van der Waals surface area contributed by atoms with Gasteiger partial charge in [0.2, 0.25) is 0 Å². The Morgan fingerprint density at radius 2 is 2.26 bits per heavy atom. The first-order valence-corrected chi connectivity index (χ1v) is 7.18. The van der Waals surface area contributed by atoms with Crippen LogP contribution in [0.4, 0.5) is 4.39 Å². The number of carbonyl (C=O) groups excluding carboxylic acids is 1. The van der Waals surface area contributed by atoms with Gasteiger partial charge in [0.25, 0.3) is 0 Å². The van der Waals surface area contributed by atoms with E-state index in [-0.39, 0.29) is 11.6 Å². The Balaban J connectivity index is 1.69. The second-order valence-corrected chi connectivity index (χ2v) is 5.96. The first-order chi connectivity index (χ1) is 9.15. The monoisotopic (exact) mass is 261 g/mol. The fourth-order valence-electron chi connectivity index (χ4n) is 3.61. The minimum Gasteiger partial charge on any atom is -0.313 e. The lowest BCUT2D eigenvalue weighted by atomic mass is 9.90. The lowest BCUT2D eigenvalue weighted by Gasteiger charge is -2.17. The van der Waals surface area contributed by atoms with Crippen LogP contribution in [0.25, 0.3) is 0 Å². The Bertz CT molecular complexity index is 500. The SMILES string of the molecule is Cc1ccc(C(=O)CC2NCC3CCCC32)cc1F. The van der Waals surface area contributed by atoms with Crippen LogP contribution in [-0.2, 0) is 0 Å². The maximum absolute atomic E-state index is 13.5. The molecule has 102 valence electrons. The predicted molar refractivity (Wildman–Crippen MR) is 72.7 cm³/mol. The molecule has 1 saturated heterocycles. The van der Waals surface area contributed by atoms with E-state index in [9.17, 15) is 9.18 Å². The van der Waals surface area contributed by atoms with Crippen molar-refractivity contribution in [1.82, 2.24) is 5.32 Å². The summed E-state index contributed by atoms with van der Waals surface area (Å²) in [6.07, 6.45) is 4.32. The topological polar surface area (TPSA) is 29.1 Å². The predicted octanol–water partition coefficient (Wildman–Crippen LogP) is 3.10. The minimum absolute atomic E-state index is 0.0592. The van der Waals surface area contributed by atoms with Crippen molar-refractivity contribution in [2.75, 3.05) is 6.54 Å². The molecule has 0 radical (unpaired) electrons. The number of rotatable bonds is 3. The summed E-state index contributed by atoms with van der Waals surface area (Å²) >= 11 is 0. The van der Waals surface area contributed by atoms with E-state index in [1.807, 2.05) is 0 Å². The number of fused-ring (bicyclic) bond motifs is 1. The van der Waals surface area contributed by atoms with E-state index in [2.05, 4.69) is 5.32 Å². The summed E-state index contributed by atoms with van der Waals surface area (Å²) in [6.45, 7) is 2.76. The Morgan fingerprint density at radius 3 is 3.05 bits per heavy atom. The fraction of sp³-hybridized carbons (Fsp3) is 0.562. The van der Waals surface area contributed by atoms with Crippen molar-refractivity contribution in [3.63, 3.8) is 0 Å². The number of halogens is 1.